The van der Waals surface area contributed by atoms with Gasteiger partial charge in [-0.3, -0.25) is 4.31 Å². The molecule has 0 heterocycles. The summed E-state index contributed by atoms with van der Waals surface area (Å²) in [5.74, 6) is 0. The number of nitrogens with zero attached hydrogens (tertiary/aromatic N) is 1. The molecule has 0 bridgehead atoms. The van der Waals surface area contributed by atoms with E-state index in [0.29, 0.717) is 0 Å². The van der Waals surface area contributed by atoms with Crippen molar-refractivity contribution in [1.82, 2.24) is 4.31 Å². The highest BCUT2D eigenvalue weighted by molar-refractivity contribution is 7.77. The second-order valence-corrected chi connectivity index (χ2v) is 3.58. The third-order valence-corrected chi connectivity index (χ3v) is 2.19. The monoisotopic (exact) mass is 175 g/mol. The molecule has 0 rings (SSSR count). The van der Waals surface area contributed by atoms with E-state index in [9.17, 15) is 0 Å². The minimum atomic E-state index is 1.14. The van der Waals surface area contributed by atoms with E-state index in [1.54, 1.807) is 0 Å². The van der Waals surface area contributed by atoms with Gasteiger partial charge in [-0.15, -0.1) is 0 Å². The lowest BCUT2D eigenvalue weighted by atomic mass is 10.2. The normalized spacial score (nSPS) is 10.9. The number of hydrogen-bond acceptors (Lipinski definition) is 2. The van der Waals surface area contributed by atoms with Crippen molar-refractivity contribution in [3.8, 4) is 0 Å². The van der Waals surface area contributed by atoms with Crippen molar-refractivity contribution in [2.45, 2.75) is 46.0 Å². The first-order chi connectivity index (χ1) is 5.31. The molecular formula is C9H21NS. The topological polar surface area (TPSA) is 3.24 Å². The highest BCUT2D eigenvalue weighted by Gasteiger charge is 1.96. The molecule has 0 aliphatic heterocycles. The summed E-state index contributed by atoms with van der Waals surface area (Å²) in [6.45, 7) is 6.74. The van der Waals surface area contributed by atoms with Gasteiger partial charge in [0.25, 0.3) is 0 Å². The highest BCUT2D eigenvalue weighted by atomic mass is 32.1. The van der Waals surface area contributed by atoms with Crippen molar-refractivity contribution < 1.29 is 0 Å². The Morgan fingerprint density at radius 1 is 0.909 bits per heavy atom. The SMILES string of the molecule is CCCCCN(S)CCCC. The molecule has 0 aliphatic carbocycles. The van der Waals surface area contributed by atoms with Crippen LogP contribution < -0.4 is 0 Å². The van der Waals surface area contributed by atoms with Crippen LogP contribution in [0.5, 0.6) is 0 Å². The largest absolute Gasteiger partial charge is 0.253 e. The maximum atomic E-state index is 4.37. The van der Waals surface area contributed by atoms with Gasteiger partial charge < -0.3 is 0 Å². The van der Waals surface area contributed by atoms with Crippen LogP contribution in [-0.2, 0) is 0 Å². The Bertz CT molecular complexity index is 76.0. The molecule has 2 heteroatoms. The molecule has 0 amide bonds. The molecule has 0 unspecified atom stereocenters. The second kappa shape index (κ2) is 8.41. The highest BCUT2D eigenvalue weighted by Crippen LogP contribution is 2.02. The average Bonchev–Trinajstić information content (AvgIpc) is 2.01. The number of thiol groups is 1. The van der Waals surface area contributed by atoms with Gasteiger partial charge in [0, 0.05) is 13.1 Å². The van der Waals surface area contributed by atoms with Crippen LogP contribution in [0.2, 0.25) is 0 Å². The Balaban J connectivity index is 3.02. The van der Waals surface area contributed by atoms with Gasteiger partial charge in [-0.1, -0.05) is 45.9 Å². The fourth-order valence-electron chi connectivity index (χ4n) is 0.997. The van der Waals surface area contributed by atoms with Crippen molar-refractivity contribution in [1.29, 1.82) is 0 Å². The fraction of sp³-hybridized carbons (Fsp3) is 1.00. The number of hydrogen-bond donors (Lipinski definition) is 1. The van der Waals surface area contributed by atoms with Gasteiger partial charge in [0.05, 0.1) is 0 Å². The summed E-state index contributed by atoms with van der Waals surface area (Å²) in [7, 11) is 0. The summed E-state index contributed by atoms with van der Waals surface area (Å²) >= 11 is 4.37. The molecule has 0 aromatic carbocycles. The first kappa shape index (κ1) is 11.3. The molecule has 0 saturated heterocycles. The van der Waals surface area contributed by atoms with Crippen LogP contribution in [0.25, 0.3) is 0 Å². The standard InChI is InChI=1S/C9H21NS/c1-3-5-7-9-10(11)8-6-4-2/h11H,3-9H2,1-2H3. The van der Waals surface area contributed by atoms with Crippen LogP contribution in [0.4, 0.5) is 0 Å². The van der Waals surface area contributed by atoms with E-state index in [1.807, 2.05) is 0 Å². The van der Waals surface area contributed by atoms with E-state index in [-0.39, 0.29) is 0 Å². The second-order valence-electron chi connectivity index (χ2n) is 3.01. The summed E-state index contributed by atoms with van der Waals surface area (Å²) in [5, 5.41) is 0. The van der Waals surface area contributed by atoms with E-state index >= 15 is 0 Å². The summed E-state index contributed by atoms with van der Waals surface area (Å²) in [5.41, 5.74) is 0. The Hall–Kier alpha value is 0.310. The summed E-state index contributed by atoms with van der Waals surface area (Å²) < 4.78 is 2.14. The van der Waals surface area contributed by atoms with Crippen LogP contribution in [-0.4, -0.2) is 17.4 Å². The fourth-order valence-corrected chi connectivity index (χ4v) is 1.28. The zero-order valence-electron chi connectivity index (χ0n) is 7.84. The third kappa shape index (κ3) is 8.21. The van der Waals surface area contributed by atoms with Crippen LogP contribution in [0, 0.1) is 0 Å². The summed E-state index contributed by atoms with van der Waals surface area (Å²) in [4.78, 5) is 0. The first-order valence-electron chi connectivity index (χ1n) is 4.75. The quantitative estimate of drug-likeness (QED) is 0.459. The van der Waals surface area contributed by atoms with Gasteiger partial charge in [-0.05, 0) is 12.8 Å². The smallest absolute Gasteiger partial charge is 0.00869 e. The molecule has 0 saturated carbocycles. The van der Waals surface area contributed by atoms with Gasteiger partial charge in [0.2, 0.25) is 0 Å². The van der Waals surface area contributed by atoms with E-state index in [1.165, 1.54) is 32.1 Å². The molecule has 68 valence electrons. The van der Waals surface area contributed by atoms with E-state index in [0.717, 1.165) is 13.1 Å². The van der Waals surface area contributed by atoms with Gasteiger partial charge in [0.1, 0.15) is 0 Å². The Labute approximate surface area is 76.7 Å². The molecule has 0 fully saturated rings. The Morgan fingerprint density at radius 2 is 1.45 bits per heavy atom. The molecule has 1 nitrogen and oxygen atoms in total. The van der Waals surface area contributed by atoms with E-state index < -0.39 is 0 Å². The zero-order chi connectivity index (χ0) is 8.53. The van der Waals surface area contributed by atoms with Gasteiger partial charge in [0.15, 0.2) is 0 Å². The molecule has 0 spiro atoms. The predicted molar refractivity (Wildman–Crippen MR) is 55.0 cm³/mol. The molecule has 11 heavy (non-hydrogen) atoms. The van der Waals surface area contributed by atoms with E-state index in [2.05, 4.69) is 31.0 Å². The average molecular weight is 175 g/mol. The van der Waals surface area contributed by atoms with Crippen molar-refractivity contribution >= 4 is 12.8 Å². The predicted octanol–water partition coefficient (Wildman–Crippen LogP) is 3.12. The molecule has 0 aromatic heterocycles. The molecule has 0 aliphatic rings. The van der Waals surface area contributed by atoms with Gasteiger partial charge >= 0.3 is 0 Å². The minimum Gasteiger partial charge on any atom is -0.253 e. The van der Waals surface area contributed by atoms with Crippen LogP contribution in [0.15, 0.2) is 0 Å². The molecule has 0 radical (unpaired) electrons. The van der Waals surface area contributed by atoms with Crippen LogP contribution in [0.3, 0.4) is 0 Å². The molecule has 0 atom stereocenters. The van der Waals surface area contributed by atoms with E-state index in [4.69, 9.17) is 0 Å². The maximum Gasteiger partial charge on any atom is 0.00869 e. The first-order valence-corrected chi connectivity index (χ1v) is 5.15. The Kier molecular flexibility index (Phi) is 8.64. The van der Waals surface area contributed by atoms with Crippen molar-refractivity contribution in [3.63, 3.8) is 0 Å². The molecule has 0 N–H and O–H groups in total. The van der Waals surface area contributed by atoms with Crippen LogP contribution in [0.1, 0.15) is 46.0 Å². The minimum absolute atomic E-state index is 1.14. The maximum absolute atomic E-state index is 4.37. The van der Waals surface area contributed by atoms with Crippen molar-refractivity contribution in [2.24, 2.45) is 0 Å². The lowest BCUT2D eigenvalue weighted by Crippen LogP contribution is -2.14. The zero-order valence-corrected chi connectivity index (χ0v) is 8.74. The van der Waals surface area contributed by atoms with Gasteiger partial charge in [-0.25, -0.2) is 0 Å². The number of unbranched alkanes of at least 4 members (excludes halogenated alkanes) is 3. The summed E-state index contributed by atoms with van der Waals surface area (Å²) in [6.07, 6.45) is 6.47. The van der Waals surface area contributed by atoms with Crippen molar-refractivity contribution in [2.75, 3.05) is 13.1 Å². The van der Waals surface area contributed by atoms with Gasteiger partial charge in [-0.2, -0.15) is 0 Å². The Morgan fingerprint density at radius 3 is 2.00 bits per heavy atom. The van der Waals surface area contributed by atoms with Crippen LogP contribution >= 0.6 is 12.8 Å². The lowest BCUT2D eigenvalue weighted by Gasteiger charge is -2.13. The van der Waals surface area contributed by atoms with Crippen molar-refractivity contribution in [3.05, 3.63) is 0 Å². The lowest BCUT2D eigenvalue weighted by molar-refractivity contribution is 0.443. The summed E-state index contributed by atoms with van der Waals surface area (Å²) in [6, 6.07) is 0. The molecular weight excluding hydrogens is 154 g/mol. The third-order valence-electron chi connectivity index (χ3n) is 1.79. The molecule has 0 aromatic rings. The number of rotatable bonds is 7.